The highest BCUT2D eigenvalue weighted by molar-refractivity contribution is 5.97. The number of hydrazine groups is 1. The summed E-state index contributed by atoms with van der Waals surface area (Å²) >= 11 is 0. The maximum absolute atomic E-state index is 12.7. The fraction of sp³-hybridized carbons (Fsp3) is 0.417. The molecule has 0 saturated carbocycles. The largest absolute Gasteiger partial charge is 0.493 e. The van der Waals surface area contributed by atoms with E-state index in [0.29, 0.717) is 35.3 Å². The molecule has 8 heteroatoms. The van der Waals surface area contributed by atoms with Gasteiger partial charge in [0, 0.05) is 5.56 Å². The second-order valence-corrected chi connectivity index (χ2v) is 7.22. The maximum Gasteiger partial charge on any atom is 0.279 e. The average molecular weight is 445 g/mol. The molecule has 2 unspecified atom stereocenters. The Labute approximate surface area is 189 Å². The Kier molecular flexibility index (Phi) is 9.19. The Morgan fingerprint density at radius 3 is 2.03 bits per heavy atom. The summed E-state index contributed by atoms with van der Waals surface area (Å²) in [6.45, 7) is 6.06. The molecule has 0 heterocycles. The number of amides is 2. The molecule has 2 atom stereocenters. The van der Waals surface area contributed by atoms with E-state index >= 15 is 0 Å². The van der Waals surface area contributed by atoms with E-state index in [0.717, 1.165) is 12.0 Å². The smallest absolute Gasteiger partial charge is 0.279 e. The molecule has 2 N–H and O–H groups in total. The highest BCUT2D eigenvalue weighted by Crippen LogP contribution is 2.38. The van der Waals surface area contributed by atoms with Gasteiger partial charge < -0.3 is 18.9 Å². The number of methoxy groups -OCH3 is 3. The van der Waals surface area contributed by atoms with Gasteiger partial charge in [0.25, 0.3) is 11.8 Å². The van der Waals surface area contributed by atoms with E-state index in [2.05, 4.69) is 24.7 Å². The second-order valence-electron chi connectivity index (χ2n) is 7.22. The molecular formula is C24H32N2O6. The molecule has 2 rings (SSSR count). The number of ether oxygens (including phenoxy) is 4. The number of carbonyl (C=O) groups excluding carboxylic acids is 2. The summed E-state index contributed by atoms with van der Waals surface area (Å²) in [4.78, 5) is 25.3. The number of para-hydroxylation sites is 1. The van der Waals surface area contributed by atoms with Gasteiger partial charge >= 0.3 is 0 Å². The molecule has 0 aromatic heterocycles. The summed E-state index contributed by atoms with van der Waals surface area (Å²) < 4.78 is 21.8. The van der Waals surface area contributed by atoms with Crippen LogP contribution in [-0.2, 0) is 4.79 Å². The van der Waals surface area contributed by atoms with Crippen LogP contribution in [0.15, 0.2) is 36.4 Å². The van der Waals surface area contributed by atoms with Crippen LogP contribution in [0.25, 0.3) is 0 Å². The SMILES string of the molecule is CCC(Oc1ccccc1C(C)CC)C(=O)NNC(=O)c1cc(OC)c(OC)c(OC)c1. The van der Waals surface area contributed by atoms with Crippen LogP contribution < -0.4 is 29.8 Å². The van der Waals surface area contributed by atoms with Crippen molar-refractivity contribution in [3.05, 3.63) is 47.5 Å². The summed E-state index contributed by atoms with van der Waals surface area (Å²) in [5.74, 6) is 1.01. The topological polar surface area (TPSA) is 95.1 Å². The molecule has 32 heavy (non-hydrogen) atoms. The third kappa shape index (κ3) is 5.84. The van der Waals surface area contributed by atoms with Crippen molar-refractivity contribution in [2.75, 3.05) is 21.3 Å². The quantitative estimate of drug-likeness (QED) is 0.541. The van der Waals surface area contributed by atoms with Crippen LogP contribution in [0, 0.1) is 0 Å². The first-order valence-electron chi connectivity index (χ1n) is 10.6. The molecule has 174 valence electrons. The third-order valence-corrected chi connectivity index (χ3v) is 5.22. The van der Waals surface area contributed by atoms with Crippen molar-refractivity contribution >= 4 is 11.8 Å². The van der Waals surface area contributed by atoms with Crippen LogP contribution in [0.5, 0.6) is 23.0 Å². The molecule has 2 aromatic carbocycles. The Bertz CT molecular complexity index is 905. The summed E-state index contributed by atoms with van der Waals surface area (Å²) in [5, 5.41) is 0. The predicted octanol–water partition coefficient (Wildman–Crippen LogP) is 3.84. The van der Waals surface area contributed by atoms with Gasteiger partial charge in [-0.3, -0.25) is 20.4 Å². The van der Waals surface area contributed by atoms with Gasteiger partial charge in [-0.15, -0.1) is 0 Å². The van der Waals surface area contributed by atoms with Crippen molar-refractivity contribution in [3.63, 3.8) is 0 Å². The zero-order chi connectivity index (χ0) is 23.7. The van der Waals surface area contributed by atoms with Gasteiger partial charge in [-0.25, -0.2) is 0 Å². The van der Waals surface area contributed by atoms with Crippen LogP contribution >= 0.6 is 0 Å². The molecule has 2 amide bonds. The first kappa shape index (κ1) is 24.8. The van der Waals surface area contributed by atoms with E-state index in [1.165, 1.54) is 33.5 Å². The molecule has 8 nitrogen and oxygen atoms in total. The summed E-state index contributed by atoms with van der Waals surface area (Å²) in [6.07, 6.45) is 0.620. The molecule has 0 fully saturated rings. The normalized spacial score (nSPS) is 12.3. The molecular weight excluding hydrogens is 412 g/mol. The minimum Gasteiger partial charge on any atom is -0.493 e. The monoisotopic (exact) mass is 444 g/mol. The number of nitrogens with one attached hydrogen (secondary N) is 2. The van der Waals surface area contributed by atoms with Crippen molar-refractivity contribution in [1.29, 1.82) is 0 Å². The standard InChI is InChI=1S/C24H32N2O6/c1-7-15(3)17-11-9-10-12-19(17)32-18(8-2)24(28)26-25-23(27)16-13-20(29-4)22(31-6)21(14-16)30-5/h9-15,18H,7-8H2,1-6H3,(H,25,27)(H,26,28). The second kappa shape index (κ2) is 11.8. The lowest BCUT2D eigenvalue weighted by Gasteiger charge is -2.21. The fourth-order valence-electron chi connectivity index (χ4n) is 3.17. The van der Waals surface area contributed by atoms with E-state index in [-0.39, 0.29) is 5.56 Å². The molecule has 0 aliphatic rings. The lowest BCUT2D eigenvalue weighted by molar-refractivity contribution is -0.128. The van der Waals surface area contributed by atoms with Crippen LogP contribution in [-0.4, -0.2) is 39.2 Å². The van der Waals surface area contributed by atoms with E-state index < -0.39 is 17.9 Å². The van der Waals surface area contributed by atoms with Crippen molar-refractivity contribution in [3.8, 4) is 23.0 Å². The number of rotatable bonds is 10. The zero-order valence-corrected chi connectivity index (χ0v) is 19.5. The van der Waals surface area contributed by atoms with Gasteiger partial charge in [-0.05, 0) is 42.5 Å². The molecule has 0 bridgehead atoms. The van der Waals surface area contributed by atoms with Gasteiger partial charge in [0.1, 0.15) is 5.75 Å². The molecule has 0 radical (unpaired) electrons. The predicted molar refractivity (Wildman–Crippen MR) is 122 cm³/mol. The molecule has 0 aliphatic heterocycles. The van der Waals surface area contributed by atoms with Gasteiger partial charge in [-0.2, -0.15) is 0 Å². The highest BCUT2D eigenvalue weighted by atomic mass is 16.5. The van der Waals surface area contributed by atoms with Crippen LogP contribution in [0.1, 0.15) is 55.5 Å². The number of carbonyl (C=O) groups is 2. The minimum atomic E-state index is -0.763. The van der Waals surface area contributed by atoms with Crippen molar-refractivity contribution in [2.24, 2.45) is 0 Å². The Hall–Kier alpha value is -3.42. The Morgan fingerprint density at radius 1 is 0.875 bits per heavy atom. The van der Waals surface area contributed by atoms with Crippen LogP contribution in [0.4, 0.5) is 0 Å². The fourth-order valence-corrected chi connectivity index (χ4v) is 3.17. The molecule has 2 aromatic rings. The molecule has 0 saturated heterocycles. The van der Waals surface area contributed by atoms with E-state index in [1.807, 2.05) is 31.2 Å². The van der Waals surface area contributed by atoms with Crippen molar-refractivity contribution < 1.29 is 28.5 Å². The zero-order valence-electron chi connectivity index (χ0n) is 19.5. The lowest BCUT2D eigenvalue weighted by Crippen LogP contribution is -2.48. The van der Waals surface area contributed by atoms with E-state index in [1.54, 1.807) is 0 Å². The minimum absolute atomic E-state index is 0.232. The summed E-state index contributed by atoms with van der Waals surface area (Å²) in [5.41, 5.74) is 6.14. The summed E-state index contributed by atoms with van der Waals surface area (Å²) in [6, 6.07) is 10.7. The van der Waals surface area contributed by atoms with Gasteiger partial charge in [-0.1, -0.05) is 39.0 Å². The number of hydrogen-bond acceptors (Lipinski definition) is 6. The Balaban J connectivity index is 2.10. The average Bonchev–Trinajstić information content (AvgIpc) is 2.84. The number of benzene rings is 2. The van der Waals surface area contributed by atoms with Crippen LogP contribution in [0.3, 0.4) is 0 Å². The molecule has 0 aliphatic carbocycles. The van der Waals surface area contributed by atoms with Gasteiger partial charge in [0.2, 0.25) is 5.75 Å². The van der Waals surface area contributed by atoms with E-state index in [9.17, 15) is 9.59 Å². The van der Waals surface area contributed by atoms with Crippen LogP contribution in [0.2, 0.25) is 0 Å². The maximum atomic E-state index is 12.7. The summed E-state index contributed by atoms with van der Waals surface area (Å²) in [7, 11) is 4.40. The van der Waals surface area contributed by atoms with Crippen molar-refractivity contribution in [2.45, 2.75) is 45.6 Å². The van der Waals surface area contributed by atoms with Crippen molar-refractivity contribution in [1.82, 2.24) is 10.9 Å². The molecule has 0 spiro atoms. The third-order valence-electron chi connectivity index (χ3n) is 5.22. The number of hydrogen-bond donors (Lipinski definition) is 2. The Morgan fingerprint density at radius 2 is 1.50 bits per heavy atom. The first-order valence-corrected chi connectivity index (χ1v) is 10.6. The van der Waals surface area contributed by atoms with Gasteiger partial charge in [0.05, 0.1) is 21.3 Å². The highest BCUT2D eigenvalue weighted by Gasteiger charge is 2.22. The lowest BCUT2D eigenvalue weighted by atomic mass is 9.98. The van der Waals surface area contributed by atoms with E-state index in [4.69, 9.17) is 18.9 Å². The van der Waals surface area contributed by atoms with Gasteiger partial charge in [0.15, 0.2) is 17.6 Å². The first-order chi connectivity index (χ1) is 15.4.